The second-order valence-electron chi connectivity index (χ2n) is 5.66. The van der Waals surface area contributed by atoms with Crippen LogP contribution >= 0.6 is 0 Å². The Hall–Kier alpha value is -0.0400. The molecule has 0 amide bonds. The zero-order chi connectivity index (χ0) is 11.8. The van der Waals surface area contributed by atoms with Gasteiger partial charge in [0.1, 0.15) is 0 Å². The number of hydrogen-bond donors (Lipinski definition) is 1. The third kappa shape index (κ3) is 4.45. The van der Waals surface area contributed by atoms with E-state index in [1.165, 1.54) is 57.9 Å². The summed E-state index contributed by atoms with van der Waals surface area (Å²) in [6.45, 7) is 5.93. The van der Waals surface area contributed by atoms with Crippen LogP contribution in [-0.2, 0) is 0 Å². The molecule has 0 saturated heterocycles. The molecule has 1 rings (SSSR count). The zero-order valence-electron chi connectivity index (χ0n) is 11.6. The molecule has 1 saturated carbocycles. The normalized spacial score (nSPS) is 27.2. The van der Waals surface area contributed by atoms with E-state index in [2.05, 4.69) is 26.2 Å². The molecule has 0 aromatic carbocycles. The van der Waals surface area contributed by atoms with Crippen molar-refractivity contribution in [3.8, 4) is 0 Å². The van der Waals surface area contributed by atoms with E-state index in [0.29, 0.717) is 0 Å². The van der Waals surface area contributed by atoms with E-state index in [1.807, 2.05) is 0 Å². The van der Waals surface area contributed by atoms with E-state index < -0.39 is 0 Å². The molecule has 1 aliphatic carbocycles. The summed E-state index contributed by atoms with van der Waals surface area (Å²) in [5, 5.41) is 3.37. The maximum Gasteiger partial charge on any atom is -0.00209 e. The van der Waals surface area contributed by atoms with Gasteiger partial charge in [0.25, 0.3) is 0 Å². The molecule has 3 atom stereocenters. The average Bonchev–Trinajstić information content (AvgIpc) is 2.72. The van der Waals surface area contributed by atoms with Gasteiger partial charge in [0.15, 0.2) is 0 Å². The highest BCUT2D eigenvalue weighted by molar-refractivity contribution is 4.80. The van der Waals surface area contributed by atoms with Gasteiger partial charge >= 0.3 is 0 Å². The topological polar surface area (TPSA) is 12.0 Å². The van der Waals surface area contributed by atoms with Gasteiger partial charge in [-0.15, -0.1) is 0 Å². The van der Waals surface area contributed by atoms with Gasteiger partial charge < -0.3 is 5.32 Å². The monoisotopic (exact) mass is 225 g/mol. The maximum absolute atomic E-state index is 3.37. The first kappa shape index (κ1) is 14.0. The molecule has 1 aliphatic rings. The van der Waals surface area contributed by atoms with Crippen LogP contribution in [-0.4, -0.2) is 13.6 Å². The van der Waals surface area contributed by atoms with Gasteiger partial charge in [-0.25, -0.2) is 0 Å². The minimum absolute atomic E-state index is 0.973. The van der Waals surface area contributed by atoms with Crippen LogP contribution in [0, 0.1) is 17.8 Å². The first-order valence-corrected chi connectivity index (χ1v) is 7.46. The fourth-order valence-electron chi connectivity index (χ4n) is 3.36. The van der Waals surface area contributed by atoms with Crippen molar-refractivity contribution in [2.45, 2.75) is 65.2 Å². The quantitative estimate of drug-likeness (QED) is 0.652. The SMILES string of the molecule is CCCCC(CC)CC1CCCC1CNC. The molecule has 0 radical (unpaired) electrons. The lowest BCUT2D eigenvalue weighted by molar-refractivity contribution is 0.279. The number of rotatable bonds is 8. The Morgan fingerprint density at radius 3 is 2.56 bits per heavy atom. The van der Waals surface area contributed by atoms with Gasteiger partial charge in [-0.3, -0.25) is 0 Å². The standard InChI is InChI=1S/C15H31N/c1-4-6-8-13(5-2)11-14-9-7-10-15(14)12-16-3/h13-16H,4-12H2,1-3H3. The molecule has 0 aromatic heterocycles. The smallest absolute Gasteiger partial charge is 0.00209 e. The highest BCUT2D eigenvalue weighted by Gasteiger charge is 2.28. The number of nitrogens with one attached hydrogen (secondary N) is 1. The van der Waals surface area contributed by atoms with Gasteiger partial charge in [0.05, 0.1) is 0 Å². The molecule has 1 nitrogen and oxygen atoms in total. The first-order chi connectivity index (χ1) is 7.81. The van der Waals surface area contributed by atoms with Crippen molar-refractivity contribution in [1.82, 2.24) is 5.32 Å². The largest absolute Gasteiger partial charge is 0.319 e. The van der Waals surface area contributed by atoms with E-state index in [1.54, 1.807) is 0 Å². The minimum Gasteiger partial charge on any atom is -0.319 e. The second kappa shape index (κ2) is 8.11. The summed E-state index contributed by atoms with van der Waals surface area (Å²) in [5.74, 6) is 3.00. The van der Waals surface area contributed by atoms with Gasteiger partial charge in [0.2, 0.25) is 0 Å². The molecule has 1 heteroatoms. The summed E-state index contributed by atoms with van der Waals surface area (Å²) in [5.41, 5.74) is 0. The van der Waals surface area contributed by atoms with Gasteiger partial charge in [-0.05, 0) is 44.2 Å². The van der Waals surface area contributed by atoms with E-state index >= 15 is 0 Å². The predicted molar refractivity (Wildman–Crippen MR) is 72.7 cm³/mol. The summed E-state index contributed by atoms with van der Waals surface area (Å²) in [4.78, 5) is 0. The first-order valence-electron chi connectivity index (χ1n) is 7.46. The summed E-state index contributed by atoms with van der Waals surface area (Å²) in [6, 6.07) is 0. The van der Waals surface area contributed by atoms with E-state index in [9.17, 15) is 0 Å². The maximum atomic E-state index is 3.37. The Labute approximate surface area is 102 Å². The van der Waals surface area contributed by atoms with Gasteiger partial charge in [0, 0.05) is 0 Å². The Morgan fingerprint density at radius 2 is 1.94 bits per heavy atom. The fourth-order valence-corrected chi connectivity index (χ4v) is 3.36. The Morgan fingerprint density at radius 1 is 1.19 bits per heavy atom. The molecule has 0 aliphatic heterocycles. The molecule has 0 spiro atoms. The summed E-state index contributed by atoms with van der Waals surface area (Å²) in [6.07, 6.45) is 11.6. The van der Waals surface area contributed by atoms with Gasteiger partial charge in [-0.2, -0.15) is 0 Å². The fraction of sp³-hybridized carbons (Fsp3) is 1.00. The molecule has 0 aromatic rings. The van der Waals surface area contributed by atoms with Crippen LogP contribution < -0.4 is 5.32 Å². The van der Waals surface area contributed by atoms with Crippen LogP contribution in [0.25, 0.3) is 0 Å². The zero-order valence-corrected chi connectivity index (χ0v) is 11.6. The van der Waals surface area contributed by atoms with Crippen LogP contribution in [0.2, 0.25) is 0 Å². The van der Waals surface area contributed by atoms with Crippen molar-refractivity contribution < 1.29 is 0 Å². The third-order valence-electron chi connectivity index (χ3n) is 4.46. The van der Waals surface area contributed by atoms with Crippen LogP contribution in [0.15, 0.2) is 0 Å². The summed E-state index contributed by atoms with van der Waals surface area (Å²) in [7, 11) is 2.10. The van der Waals surface area contributed by atoms with Crippen molar-refractivity contribution in [2.24, 2.45) is 17.8 Å². The van der Waals surface area contributed by atoms with Crippen molar-refractivity contribution in [2.75, 3.05) is 13.6 Å². The lowest BCUT2D eigenvalue weighted by atomic mass is 9.83. The van der Waals surface area contributed by atoms with Gasteiger partial charge in [-0.1, -0.05) is 52.4 Å². The number of unbranched alkanes of at least 4 members (excludes halogenated alkanes) is 1. The number of hydrogen-bond acceptors (Lipinski definition) is 1. The minimum atomic E-state index is 0.973. The van der Waals surface area contributed by atoms with Crippen molar-refractivity contribution in [3.05, 3.63) is 0 Å². The Bertz CT molecular complexity index is 167. The highest BCUT2D eigenvalue weighted by atomic mass is 14.8. The third-order valence-corrected chi connectivity index (χ3v) is 4.46. The molecule has 1 N–H and O–H groups in total. The molecule has 16 heavy (non-hydrogen) atoms. The second-order valence-corrected chi connectivity index (χ2v) is 5.66. The van der Waals surface area contributed by atoms with Crippen molar-refractivity contribution in [1.29, 1.82) is 0 Å². The molecule has 1 fully saturated rings. The molecule has 96 valence electrons. The van der Waals surface area contributed by atoms with E-state index in [-0.39, 0.29) is 0 Å². The van der Waals surface area contributed by atoms with Crippen LogP contribution in [0.5, 0.6) is 0 Å². The van der Waals surface area contributed by atoms with Crippen LogP contribution in [0.4, 0.5) is 0 Å². The predicted octanol–water partition coefficient (Wildman–Crippen LogP) is 4.23. The van der Waals surface area contributed by atoms with E-state index in [4.69, 9.17) is 0 Å². The van der Waals surface area contributed by atoms with Crippen LogP contribution in [0.3, 0.4) is 0 Å². The average molecular weight is 225 g/mol. The van der Waals surface area contributed by atoms with Crippen molar-refractivity contribution >= 4 is 0 Å². The summed E-state index contributed by atoms with van der Waals surface area (Å²) < 4.78 is 0. The van der Waals surface area contributed by atoms with Crippen LogP contribution in [0.1, 0.15) is 65.2 Å². The van der Waals surface area contributed by atoms with E-state index in [0.717, 1.165) is 17.8 Å². The summed E-state index contributed by atoms with van der Waals surface area (Å²) >= 11 is 0. The molecular formula is C15H31N. The Balaban J connectivity index is 2.31. The molecular weight excluding hydrogens is 194 g/mol. The highest BCUT2D eigenvalue weighted by Crippen LogP contribution is 2.37. The molecule has 0 heterocycles. The lowest BCUT2D eigenvalue weighted by Gasteiger charge is -2.24. The Kier molecular flexibility index (Phi) is 7.11. The molecule has 0 bridgehead atoms. The lowest BCUT2D eigenvalue weighted by Crippen LogP contribution is -2.23. The molecule has 3 unspecified atom stereocenters. The van der Waals surface area contributed by atoms with Crippen molar-refractivity contribution in [3.63, 3.8) is 0 Å².